The van der Waals surface area contributed by atoms with E-state index < -0.39 is 0 Å². The van der Waals surface area contributed by atoms with Crippen LogP contribution >= 0.6 is 39.7 Å². The number of carbonyl (C=O) groups is 1. The van der Waals surface area contributed by atoms with Crippen molar-refractivity contribution in [2.75, 3.05) is 13.1 Å². The van der Waals surface area contributed by atoms with E-state index in [1.807, 2.05) is 0 Å². The van der Waals surface area contributed by atoms with Gasteiger partial charge < -0.3 is 11.1 Å². The molecule has 0 fully saturated rings. The Morgan fingerprint density at radius 3 is 2.91 bits per heavy atom. The molecule has 0 atom stereocenters. The number of benzene rings is 1. The number of rotatable bonds is 6. The largest absolute Gasteiger partial charge is 0.350 e. The molecule has 22 heavy (non-hydrogen) atoms. The van der Waals surface area contributed by atoms with Crippen LogP contribution in [0.1, 0.15) is 21.1 Å². The molecule has 1 heterocycles. The van der Waals surface area contributed by atoms with E-state index in [2.05, 4.69) is 26.2 Å². The van der Waals surface area contributed by atoms with E-state index >= 15 is 0 Å². The SMILES string of the molecule is Cl.NCCc1nc(C(=O)NCCc2cc(Br)ccc2F)cs1. The summed E-state index contributed by atoms with van der Waals surface area (Å²) in [5.74, 6) is -0.517. The van der Waals surface area contributed by atoms with Crippen LogP contribution in [0.4, 0.5) is 4.39 Å². The molecule has 8 heteroatoms. The van der Waals surface area contributed by atoms with Crippen molar-refractivity contribution >= 4 is 45.6 Å². The third-order valence-electron chi connectivity index (χ3n) is 2.83. The maximum Gasteiger partial charge on any atom is 0.270 e. The summed E-state index contributed by atoms with van der Waals surface area (Å²) >= 11 is 4.72. The van der Waals surface area contributed by atoms with Gasteiger partial charge in [0.1, 0.15) is 11.5 Å². The van der Waals surface area contributed by atoms with Gasteiger partial charge in [-0.3, -0.25) is 4.79 Å². The zero-order chi connectivity index (χ0) is 15.2. The van der Waals surface area contributed by atoms with Crippen molar-refractivity contribution in [2.45, 2.75) is 12.8 Å². The van der Waals surface area contributed by atoms with Crippen LogP contribution in [0.5, 0.6) is 0 Å². The fourth-order valence-electron chi connectivity index (χ4n) is 1.79. The summed E-state index contributed by atoms with van der Waals surface area (Å²) in [5.41, 5.74) is 6.39. The quantitative estimate of drug-likeness (QED) is 0.772. The Kier molecular flexibility index (Phi) is 7.95. The lowest BCUT2D eigenvalue weighted by atomic mass is 10.1. The second-order valence-corrected chi connectivity index (χ2v) is 6.27. The van der Waals surface area contributed by atoms with Crippen LogP contribution in [0.3, 0.4) is 0 Å². The second-order valence-electron chi connectivity index (χ2n) is 4.41. The maximum atomic E-state index is 13.5. The van der Waals surface area contributed by atoms with Crippen molar-refractivity contribution < 1.29 is 9.18 Å². The van der Waals surface area contributed by atoms with Gasteiger partial charge in [-0.1, -0.05) is 15.9 Å². The van der Waals surface area contributed by atoms with E-state index in [0.29, 0.717) is 37.2 Å². The fraction of sp³-hybridized carbons (Fsp3) is 0.286. The summed E-state index contributed by atoms with van der Waals surface area (Å²) in [5, 5.41) is 5.30. The molecule has 0 unspecified atom stereocenters. The predicted molar refractivity (Wildman–Crippen MR) is 92.3 cm³/mol. The van der Waals surface area contributed by atoms with Gasteiger partial charge in [0.05, 0.1) is 5.01 Å². The first-order valence-corrected chi connectivity index (χ1v) is 8.14. The van der Waals surface area contributed by atoms with Gasteiger partial charge in [0.2, 0.25) is 0 Å². The summed E-state index contributed by atoms with van der Waals surface area (Å²) in [4.78, 5) is 16.1. The van der Waals surface area contributed by atoms with Crippen molar-refractivity contribution in [1.82, 2.24) is 10.3 Å². The average molecular weight is 409 g/mol. The average Bonchev–Trinajstić information content (AvgIpc) is 2.92. The van der Waals surface area contributed by atoms with Crippen LogP contribution < -0.4 is 11.1 Å². The van der Waals surface area contributed by atoms with Crippen LogP contribution in [0, 0.1) is 5.82 Å². The minimum Gasteiger partial charge on any atom is -0.350 e. The summed E-state index contributed by atoms with van der Waals surface area (Å²) in [6.45, 7) is 0.868. The molecular weight excluding hydrogens is 393 g/mol. The standard InChI is InChI=1S/C14H15BrFN3OS.ClH/c15-10-1-2-11(16)9(7-10)4-6-18-14(20)12-8-21-13(19-12)3-5-17;/h1-2,7-8H,3-6,17H2,(H,18,20);1H. The molecule has 2 rings (SSSR count). The molecule has 0 radical (unpaired) electrons. The van der Waals surface area contributed by atoms with Gasteiger partial charge in [-0.05, 0) is 36.7 Å². The highest BCUT2D eigenvalue weighted by Crippen LogP contribution is 2.16. The zero-order valence-corrected chi connectivity index (χ0v) is 14.9. The molecule has 4 nitrogen and oxygen atoms in total. The number of hydrogen-bond acceptors (Lipinski definition) is 4. The van der Waals surface area contributed by atoms with Gasteiger partial charge in [0.25, 0.3) is 5.91 Å². The van der Waals surface area contributed by atoms with Gasteiger partial charge >= 0.3 is 0 Å². The molecule has 0 saturated heterocycles. The molecule has 0 aliphatic carbocycles. The smallest absolute Gasteiger partial charge is 0.270 e. The molecule has 120 valence electrons. The van der Waals surface area contributed by atoms with Crippen molar-refractivity contribution in [3.8, 4) is 0 Å². The summed E-state index contributed by atoms with van der Waals surface area (Å²) < 4.78 is 14.4. The number of halogens is 3. The Hall–Kier alpha value is -1.02. The van der Waals surface area contributed by atoms with Gasteiger partial charge in [0.15, 0.2) is 0 Å². The van der Waals surface area contributed by atoms with Crippen LogP contribution in [0.2, 0.25) is 0 Å². The van der Waals surface area contributed by atoms with Gasteiger partial charge in [-0.15, -0.1) is 23.7 Å². The topological polar surface area (TPSA) is 68.0 Å². The molecule has 3 N–H and O–H groups in total. The minimum absolute atomic E-state index is 0. The number of carbonyl (C=O) groups excluding carboxylic acids is 1. The first kappa shape index (κ1) is 19.0. The Bertz CT molecular complexity index is 638. The van der Waals surface area contributed by atoms with E-state index in [9.17, 15) is 9.18 Å². The molecule has 0 bridgehead atoms. The molecule has 1 aromatic carbocycles. The third kappa shape index (κ3) is 5.31. The van der Waals surface area contributed by atoms with Crippen LogP contribution in [0.25, 0.3) is 0 Å². The van der Waals surface area contributed by atoms with Crippen molar-refractivity contribution in [2.24, 2.45) is 5.73 Å². The van der Waals surface area contributed by atoms with E-state index in [0.717, 1.165) is 9.48 Å². The molecular formula is C14H16BrClFN3OS. The highest BCUT2D eigenvalue weighted by molar-refractivity contribution is 9.10. The fourth-order valence-corrected chi connectivity index (χ4v) is 2.99. The van der Waals surface area contributed by atoms with E-state index in [4.69, 9.17) is 5.73 Å². The van der Waals surface area contributed by atoms with E-state index in [1.165, 1.54) is 17.4 Å². The summed E-state index contributed by atoms with van der Waals surface area (Å²) in [7, 11) is 0. The first-order valence-electron chi connectivity index (χ1n) is 6.46. The molecule has 0 aliphatic heterocycles. The lowest BCUT2D eigenvalue weighted by Crippen LogP contribution is -2.26. The Morgan fingerprint density at radius 1 is 1.41 bits per heavy atom. The van der Waals surface area contributed by atoms with Crippen molar-refractivity contribution in [1.29, 1.82) is 0 Å². The Morgan fingerprint density at radius 2 is 2.18 bits per heavy atom. The number of aromatic nitrogens is 1. The number of nitrogens with zero attached hydrogens (tertiary/aromatic N) is 1. The Balaban J connectivity index is 0.00000242. The molecule has 0 aliphatic rings. The van der Waals surface area contributed by atoms with Crippen LogP contribution in [-0.4, -0.2) is 24.0 Å². The molecule has 0 spiro atoms. The maximum absolute atomic E-state index is 13.5. The van der Waals surface area contributed by atoms with Gasteiger partial charge in [-0.25, -0.2) is 9.37 Å². The van der Waals surface area contributed by atoms with Gasteiger partial charge in [0, 0.05) is 22.8 Å². The number of nitrogens with one attached hydrogen (secondary N) is 1. The first-order chi connectivity index (χ1) is 10.1. The Labute approximate surface area is 146 Å². The number of hydrogen-bond donors (Lipinski definition) is 2. The zero-order valence-electron chi connectivity index (χ0n) is 11.6. The molecule has 1 aromatic heterocycles. The highest BCUT2D eigenvalue weighted by Gasteiger charge is 2.10. The number of thiazole rings is 1. The van der Waals surface area contributed by atoms with Crippen LogP contribution in [0.15, 0.2) is 28.1 Å². The lowest BCUT2D eigenvalue weighted by Gasteiger charge is -2.05. The molecule has 0 saturated carbocycles. The third-order valence-corrected chi connectivity index (χ3v) is 4.23. The van der Waals surface area contributed by atoms with E-state index in [-0.39, 0.29) is 24.1 Å². The molecule has 2 aromatic rings. The lowest BCUT2D eigenvalue weighted by molar-refractivity contribution is 0.0949. The highest BCUT2D eigenvalue weighted by atomic mass is 79.9. The second kappa shape index (κ2) is 9.19. The predicted octanol–water partition coefficient (Wildman–Crippen LogP) is 2.94. The number of amides is 1. The van der Waals surface area contributed by atoms with Gasteiger partial charge in [-0.2, -0.15) is 0 Å². The van der Waals surface area contributed by atoms with Crippen molar-refractivity contribution in [3.05, 3.63) is 50.1 Å². The minimum atomic E-state index is -0.272. The van der Waals surface area contributed by atoms with Crippen LogP contribution in [-0.2, 0) is 12.8 Å². The summed E-state index contributed by atoms with van der Waals surface area (Å²) in [6.07, 6.45) is 1.10. The molecule has 1 amide bonds. The monoisotopic (exact) mass is 407 g/mol. The normalized spacial score (nSPS) is 10.1. The van der Waals surface area contributed by atoms with Crippen molar-refractivity contribution in [3.63, 3.8) is 0 Å². The summed E-state index contributed by atoms with van der Waals surface area (Å²) in [6, 6.07) is 4.76. The number of nitrogens with two attached hydrogens (primary N) is 1. The van der Waals surface area contributed by atoms with E-state index in [1.54, 1.807) is 17.5 Å².